The van der Waals surface area contributed by atoms with E-state index in [2.05, 4.69) is 9.97 Å². The summed E-state index contributed by atoms with van der Waals surface area (Å²) in [4.78, 5) is 8.74. The van der Waals surface area contributed by atoms with Crippen LogP contribution in [0.1, 0.15) is 5.69 Å². The predicted molar refractivity (Wildman–Crippen MR) is 75.1 cm³/mol. The van der Waals surface area contributed by atoms with E-state index in [1.54, 1.807) is 14.2 Å². The molecule has 1 aromatic carbocycles. The van der Waals surface area contributed by atoms with Gasteiger partial charge in [-0.3, -0.25) is 0 Å². The second-order valence-electron chi connectivity index (χ2n) is 4.37. The molecule has 0 saturated heterocycles. The molecule has 2 heterocycles. The van der Waals surface area contributed by atoms with Crippen LogP contribution in [0.3, 0.4) is 0 Å². The zero-order valence-corrected chi connectivity index (χ0v) is 11.5. The van der Waals surface area contributed by atoms with Crippen molar-refractivity contribution in [2.24, 2.45) is 0 Å². The molecule has 5 heteroatoms. The van der Waals surface area contributed by atoms with Gasteiger partial charge in [0.15, 0.2) is 11.5 Å². The Morgan fingerprint density at radius 2 is 1.75 bits per heavy atom. The van der Waals surface area contributed by atoms with Crippen molar-refractivity contribution in [3.8, 4) is 23.0 Å². The Balaban J connectivity index is 2.10. The van der Waals surface area contributed by atoms with Gasteiger partial charge >= 0.3 is 0 Å². The van der Waals surface area contributed by atoms with Crippen LogP contribution in [0, 0.1) is 6.92 Å². The Kier molecular flexibility index (Phi) is 3.02. The average Bonchev–Trinajstić information content (AvgIpc) is 2.89. The molecular weight excluding hydrogens is 256 g/mol. The molecule has 0 saturated carbocycles. The molecule has 0 aliphatic rings. The number of oxazole rings is 1. The normalized spacial score (nSPS) is 10.8. The highest BCUT2D eigenvalue weighted by atomic mass is 16.5. The molecule has 0 unspecified atom stereocenters. The van der Waals surface area contributed by atoms with Crippen LogP contribution in [0.4, 0.5) is 0 Å². The van der Waals surface area contributed by atoms with Crippen molar-refractivity contribution in [3.63, 3.8) is 0 Å². The van der Waals surface area contributed by atoms with Crippen LogP contribution >= 0.6 is 0 Å². The number of hydrogen-bond donors (Lipinski definition) is 0. The summed E-state index contributed by atoms with van der Waals surface area (Å²) in [6.07, 6.45) is 0. The fourth-order valence-electron chi connectivity index (χ4n) is 2.00. The zero-order chi connectivity index (χ0) is 14.1. The summed E-state index contributed by atoms with van der Waals surface area (Å²) in [5.74, 6) is 1.82. The third-order valence-corrected chi connectivity index (χ3v) is 3.03. The summed E-state index contributed by atoms with van der Waals surface area (Å²) in [7, 11) is 3.20. The number of rotatable bonds is 3. The van der Waals surface area contributed by atoms with E-state index in [4.69, 9.17) is 13.9 Å². The molecule has 0 aliphatic carbocycles. The monoisotopic (exact) mass is 270 g/mol. The lowest BCUT2D eigenvalue weighted by Crippen LogP contribution is -1.90. The number of nitrogens with zero attached hydrogens (tertiary/aromatic N) is 2. The van der Waals surface area contributed by atoms with E-state index in [0.717, 1.165) is 16.8 Å². The standard InChI is InChI=1S/C15H14N2O3/c1-9-4-6-11-15(16-9)20-14(17-11)10-5-7-12(18-2)13(8-10)19-3/h4-8H,1-3H3. The summed E-state index contributed by atoms with van der Waals surface area (Å²) >= 11 is 0. The fourth-order valence-corrected chi connectivity index (χ4v) is 2.00. The molecule has 0 fully saturated rings. The first kappa shape index (κ1) is 12.5. The van der Waals surface area contributed by atoms with Gasteiger partial charge in [-0.15, -0.1) is 0 Å². The molecular formula is C15H14N2O3. The molecule has 0 amide bonds. The Bertz CT molecular complexity index is 765. The lowest BCUT2D eigenvalue weighted by molar-refractivity contribution is 0.355. The van der Waals surface area contributed by atoms with Crippen molar-refractivity contribution >= 4 is 11.2 Å². The van der Waals surface area contributed by atoms with Gasteiger partial charge in [-0.05, 0) is 37.3 Å². The number of aryl methyl sites for hydroxylation is 1. The molecule has 20 heavy (non-hydrogen) atoms. The first-order chi connectivity index (χ1) is 9.71. The van der Waals surface area contributed by atoms with Crippen LogP contribution < -0.4 is 9.47 Å². The van der Waals surface area contributed by atoms with Gasteiger partial charge in [-0.2, -0.15) is 0 Å². The van der Waals surface area contributed by atoms with Gasteiger partial charge in [0, 0.05) is 11.3 Å². The minimum atomic E-state index is 0.513. The van der Waals surface area contributed by atoms with Crippen molar-refractivity contribution in [1.82, 2.24) is 9.97 Å². The molecule has 2 aromatic heterocycles. The number of hydrogen-bond acceptors (Lipinski definition) is 5. The highest BCUT2D eigenvalue weighted by Crippen LogP contribution is 2.32. The van der Waals surface area contributed by atoms with Crippen molar-refractivity contribution in [3.05, 3.63) is 36.0 Å². The van der Waals surface area contributed by atoms with E-state index in [1.807, 2.05) is 37.3 Å². The quantitative estimate of drug-likeness (QED) is 0.731. The number of benzene rings is 1. The topological polar surface area (TPSA) is 57.4 Å². The maximum Gasteiger partial charge on any atom is 0.247 e. The van der Waals surface area contributed by atoms with E-state index < -0.39 is 0 Å². The number of pyridine rings is 1. The maximum absolute atomic E-state index is 5.69. The van der Waals surface area contributed by atoms with Gasteiger partial charge in [0.25, 0.3) is 0 Å². The third-order valence-electron chi connectivity index (χ3n) is 3.03. The highest BCUT2D eigenvalue weighted by molar-refractivity contribution is 5.73. The largest absolute Gasteiger partial charge is 0.493 e. The van der Waals surface area contributed by atoms with Crippen molar-refractivity contribution in [2.45, 2.75) is 6.92 Å². The van der Waals surface area contributed by atoms with Crippen LogP contribution in [0.5, 0.6) is 11.5 Å². The van der Waals surface area contributed by atoms with Crippen molar-refractivity contribution < 1.29 is 13.9 Å². The summed E-state index contributed by atoms with van der Waals surface area (Å²) < 4.78 is 16.2. The zero-order valence-electron chi connectivity index (χ0n) is 11.5. The summed E-state index contributed by atoms with van der Waals surface area (Å²) in [6, 6.07) is 9.33. The van der Waals surface area contributed by atoms with Crippen molar-refractivity contribution in [1.29, 1.82) is 0 Å². The minimum Gasteiger partial charge on any atom is -0.493 e. The lowest BCUT2D eigenvalue weighted by Gasteiger charge is -2.07. The maximum atomic E-state index is 5.69. The summed E-state index contributed by atoms with van der Waals surface area (Å²) in [5.41, 5.74) is 2.99. The van der Waals surface area contributed by atoms with E-state index in [9.17, 15) is 0 Å². The Hall–Kier alpha value is -2.56. The number of aromatic nitrogens is 2. The van der Waals surface area contributed by atoms with Crippen LogP contribution in [-0.4, -0.2) is 24.2 Å². The fraction of sp³-hybridized carbons (Fsp3) is 0.200. The molecule has 0 spiro atoms. The van der Waals surface area contributed by atoms with E-state index in [-0.39, 0.29) is 0 Å². The molecule has 0 radical (unpaired) electrons. The smallest absolute Gasteiger partial charge is 0.247 e. The number of ether oxygens (including phenoxy) is 2. The molecule has 0 N–H and O–H groups in total. The molecule has 102 valence electrons. The highest BCUT2D eigenvalue weighted by Gasteiger charge is 2.12. The van der Waals surface area contributed by atoms with Crippen LogP contribution in [-0.2, 0) is 0 Å². The number of fused-ring (bicyclic) bond motifs is 1. The van der Waals surface area contributed by atoms with Gasteiger partial charge in [-0.1, -0.05) is 0 Å². The second-order valence-corrected chi connectivity index (χ2v) is 4.37. The van der Waals surface area contributed by atoms with Crippen molar-refractivity contribution in [2.75, 3.05) is 14.2 Å². The first-order valence-electron chi connectivity index (χ1n) is 6.18. The van der Waals surface area contributed by atoms with Crippen LogP contribution in [0.25, 0.3) is 22.7 Å². The second kappa shape index (κ2) is 4.85. The van der Waals surface area contributed by atoms with Gasteiger partial charge in [0.1, 0.15) is 5.52 Å². The molecule has 0 atom stereocenters. The molecule has 0 aliphatic heterocycles. The Morgan fingerprint density at radius 3 is 2.50 bits per heavy atom. The summed E-state index contributed by atoms with van der Waals surface area (Å²) in [6.45, 7) is 1.91. The molecule has 3 rings (SSSR count). The molecule has 0 bridgehead atoms. The molecule has 3 aromatic rings. The minimum absolute atomic E-state index is 0.513. The van der Waals surface area contributed by atoms with Gasteiger partial charge in [0.2, 0.25) is 11.6 Å². The van der Waals surface area contributed by atoms with Crippen LogP contribution in [0.2, 0.25) is 0 Å². The Morgan fingerprint density at radius 1 is 0.950 bits per heavy atom. The van der Waals surface area contributed by atoms with E-state index in [1.165, 1.54) is 0 Å². The average molecular weight is 270 g/mol. The van der Waals surface area contributed by atoms with Gasteiger partial charge in [-0.25, -0.2) is 9.97 Å². The number of methoxy groups -OCH3 is 2. The lowest BCUT2D eigenvalue weighted by atomic mass is 10.2. The van der Waals surface area contributed by atoms with Gasteiger partial charge in [0.05, 0.1) is 14.2 Å². The van der Waals surface area contributed by atoms with E-state index >= 15 is 0 Å². The van der Waals surface area contributed by atoms with E-state index in [0.29, 0.717) is 23.1 Å². The SMILES string of the molecule is COc1ccc(-c2nc3ccc(C)nc3o2)cc1OC. The summed E-state index contributed by atoms with van der Waals surface area (Å²) in [5, 5.41) is 0. The Labute approximate surface area is 116 Å². The third kappa shape index (κ3) is 2.07. The van der Waals surface area contributed by atoms with Gasteiger partial charge < -0.3 is 13.9 Å². The molecule has 5 nitrogen and oxygen atoms in total. The first-order valence-corrected chi connectivity index (χ1v) is 6.18. The van der Waals surface area contributed by atoms with Crippen LogP contribution in [0.15, 0.2) is 34.7 Å². The predicted octanol–water partition coefficient (Wildman–Crippen LogP) is 3.22.